The van der Waals surface area contributed by atoms with Crippen molar-refractivity contribution in [3.05, 3.63) is 66.6 Å². The van der Waals surface area contributed by atoms with Gasteiger partial charge in [0, 0.05) is 41.6 Å². The molecule has 6 heteroatoms. The monoisotopic (exact) mass is 359 g/mol. The summed E-state index contributed by atoms with van der Waals surface area (Å²) >= 11 is 0. The van der Waals surface area contributed by atoms with E-state index in [1.807, 2.05) is 53.2 Å². The van der Waals surface area contributed by atoms with Crippen LogP contribution in [0.2, 0.25) is 0 Å². The zero-order valence-electron chi connectivity index (χ0n) is 15.3. The van der Waals surface area contributed by atoms with Crippen LogP contribution in [0.1, 0.15) is 12.5 Å². The van der Waals surface area contributed by atoms with E-state index in [1.54, 1.807) is 13.3 Å². The molecule has 0 radical (unpaired) electrons. The van der Waals surface area contributed by atoms with Gasteiger partial charge in [-0.1, -0.05) is 25.1 Å². The average molecular weight is 359 g/mol. The van der Waals surface area contributed by atoms with E-state index in [9.17, 15) is 0 Å². The minimum absolute atomic E-state index is 0.672. The van der Waals surface area contributed by atoms with Crippen LogP contribution in [0.4, 0.5) is 17.2 Å². The predicted octanol–water partition coefficient (Wildman–Crippen LogP) is 4.29. The Kier molecular flexibility index (Phi) is 4.38. The van der Waals surface area contributed by atoms with E-state index < -0.39 is 0 Å². The summed E-state index contributed by atoms with van der Waals surface area (Å²) < 4.78 is 7.45. The predicted molar refractivity (Wildman–Crippen MR) is 108 cm³/mol. The van der Waals surface area contributed by atoms with E-state index in [4.69, 9.17) is 15.5 Å². The molecular formula is C21H21N5O. The topological polar surface area (TPSA) is 77.5 Å². The molecule has 0 bridgehead atoms. The number of aromatic nitrogens is 3. The first kappa shape index (κ1) is 16.9. The first-order chi connectivity index (χ1) is 13.2. The maximum absolute atomic E-state index is 5.93. The summed E-state index contributed by atoms with van der Waals surface area (Å²) in [6.07, 6.45) is 6.52. The Labute approximate surface area is 157 Å². The maximum atomic E-state index is 5.93. The Bertz CT molecular complexity index is 1100. The zero-order valence-corrected chi connectivity index (χ0v) is 15.3. The molecule has 0 amide bonds. The number of aryl methyl sites for hydroxylation is 1. The lowest BCUT2D eigenvalue weighted by Crippen LogP contribution is -2.01. The summed E-state index contributed by atoms with van der Waals surface area (Å²) in [5, 5.41) is 3.38. The molecule has 0 unspecified atom stereocenters. The van der Waals surface area contributed by atoms with Crippen LogP contribution >= 0.6 is 0 Å². The molecule has 0 saturated carbocycles. The van der Waals surface area contributed by atoms with Crippen LogP contribution in [0.25, 0.3) is 16.9 Å². The van der Waals surface area contributed by atoms with Gasteiger partial charge in [-0.2, -0.15) is 0 Å². The Morgan fingerprint density at radius 2 is 2.07 bits per heavy atom. The zero-order chi connectivity index (χ0) is 18.8. The van der Waals surface area contributed by atoms with E-state index >= 15 is 0 Å². The van der Waals surface area contributed by atoms with E-state index in [1.165, 1.54) is 0 Å². The molecule has 0 fully saturated rings. The Morgan fingerprint density at radius 3 is 2.85 bits per heavy atom. The Balaban J connectivity index is 1.78. The normalized spacial score (nSPS) is 10.9. The number of imidazole rings is 1. The number of nitrogens with zero attached hydrogens (tertiary/aromatic N) is 3. The molecule has 0 aliphatic carbocycles. The van der Waals surface area contributed by atoms with Gasteiger partial charge in [0.2, 0.25) is 0 Å². The van der Waals surface area contributed by atoms with Gasteiger partial charge in [-0.25, -0.2) is 9.97 Å². The fourth-order valence-corrected chi connectivity index (χ4v) is 3.10. The summed E-state index contributed by atoms with van der Waals surface area (Å²) in [6, 6.07) is 13.7. The Hall–Kier alpha value is -3.54. The van der Waals surface area contributed by atoms with Gasteiger partial charge in [-0.15, -0.1) is 0 Å². The van der Waals surface area contributed by atoms with Crippen LogP contribution in [0.15, 0.2) is 61.1 Å². The molecule has 27 heavy (non-hydrogen) atoms. The van der Waals surface area contributed by atoms with Gasteiger partial charge >= 0.3 is 0 Å². The molecule has 136 valence electrons. The van der Waals surface area contributed by atoms with Crippen molar-refractivity contribution in [2.75, 3.05) is 18.2 Å². The summed E-state index contributed by atoms with van der Waals surface area (Å²) in [7, 11) is 1.68. The molecule has 2 heterocycles. The number of hydrogen-bond acceptors (Lipinski definition) is 5. The van der Waals surface area contributed by atoms with Crippen LogP contribution in [-0.2, 0) is 6.42 Å². The van der Waals surface area contributed by atoms with Crippen molar-refractivity contribution in [1.82, 2.24) is 14.4 Å². The second-order valence-corrected chi connectivity index (χ2v) is 6.26. The van der Waals surface area contributed by atoms with E-state index in [-0.39, 0.29) is 0 Å². The van der Waals surface area contributed by atoms with Crippen molar-refractivity contribution in [2.45, 2.75) is 13.3 Å². The summed E-state index contributed by atoms with van der Waals surface area (Å²) in [6.45, 7) is 2.11. The minimum atomic E-state index is 0.672. The summed E-state index contributed by atoms with van der Waals surface area (Å²) in [5.74, 6) is 1.53. The molecule has 4 aromatic rings. The van der Waals surface area contributed by atoms with Gasteiger partial charge in [0.1, 0.15) is 5.75 Å². The van der Waals surface area contributed by atoms with E-state index in [0.717, 1.165) is 40.3 Å². The lowest BCUT2D eigenvalue weighted by atomic mass is 10.1. The van der Waals surface area contributed by atoms with Gasteiger partial charge in [-0.3, -0.25) is 0 Å². The summed E-state index contributed by atoms with van der Waals surface area (Å²) in [5.41, 5.74) is 11.2. The molecule has 0 saturated heterocycles. The van der Waals surface area contributed by atoms with Crippen molar-refractivity contribution in [3.63, 3.8) is 0 Å². The van der Waals surface area contributed by atoms with Gasteiger partial charge in [0.05, 0.1) is 12.8 Å². The van der Waals surface area contributed by atoms with Crippen molar-refractivity contribution < 1.29 is 4.74 Å². The number of anilines is 3. The highest BCUT2D eigenvalue weighted by atomic mass is 16.5. The molecular weight excluding hydrogens is 338 g/mol. The largest absolute Gasteiger partial charge is 0.496 e. The number of nitrogens with two attached hydrogens (primary N) is 1. The molecule has 4 rings (SSSR count). The first-order valence-electron chi connectivity index (χ1n) is 8.81. The van der Waals surface area contributed by atoms with Crippen LogP contribution in [0.5, 0.6) is 5.75 Å². The van der Waals surface area contributed by atoms with Crippen molar-refractivity contribution in [3.8, 4) is 17.0 Å². The average Bonchev–Trinajstić information content (AvgIpc) is 3.17. The molecule has 2 aromatic carbocycles. The number of nitrogens with one attached hydrogen (secondary N) is 1. The minimum Gasteiger partial charge on any atom is -0.496 e. The number of nitrogen functional groups attached to an aromatic ring is 1. The number of fused-ring (bicyclic) bond motifs is 1. The van der Waals surface area contributed by atoms with Crippen LogP contribution in [0.3, 0.4) is 0 Å². The van der Waals surface area contributed by atoms with Gasteiger partial charge in [0.15, 0.2) is 11.5 Å². The molecule has 3 N–H and O–H groups in total. The van der Waals surface area contributed by atoms with Gasteiger partial charge in [0.25, 0.3) is 0 Å². The highest BCUT2D eigenvalue weighted by Gasteiger charge is 2.11. The fraction of sp³-hybridized carbons (Fsp3) is 0.143. The standard InChI is InChI=1S/C21H21N5O/c1-3-14-7-8-17(12-19(14)27-2)24-20-21-23-9-10-26(21)13-18(25-20)15-5-4-6-16(22)11-15/h4-13H,3,22H2,1-2H3,(H,24,25). The molecule has 0 atom stereocenters. The summed E-state index contributed by atoms with van der Waals surface area (Å²) in [4.78, 5) is 9.21. The van der Waals surface area contributed by atoms with Crippen LogP contribution in [0, 0.1) is 0 Å². The lowest BCUT2D eigenvalue weighted by molar-refractivity contribution is 0.410. The molecule has 6 nitrogen and oxygen atoms in total. The Morgan fingerprint density at radius 1 is 1.19 bits per heavy atom. The van der Waals surface area contributed by atoms with Crippen molar-refractivity contribution in [1.29, 1.82) is 0 Å². The third-order valence-electron chi connectivity index (χ3n) is 4.49. The van der Waals surface area contributed by atoms with Crippen molar-refractivity contribution >= 4 is 22.8 Å². The molecule has 0 aliphatic rings. The van der Waals surface area contributed by atoms with Gasteiger partial charge in [-0.05, 0) is 30.2 Å². The highest BCUT2D eigenvalue weighted by Crippen LogP contribution is 2.28. The third-order valence-corrected chi connectivity index (χ3v) is 4.49. The van der Waals surface area contributed by atoms with Crippen molar-refractivity contribution in [2.24, 2.45) is 0 Å². The number of ether oxygens (including phenoxy) is 1. The second-order valence-electron chi connectivity index (χ2n) is 6.26. The van der Waals surface area contributed by atoms with E-state index in [2.05, 4.69) is 23.3 Å². The SMILES string of the molecule is CCc1ccc(Nc2nc(-c3cccc(N)c3)cn3ccnc23)cc1OC. The van der Waals surface area contributed by atoms with Gasteiger partial charge < -0.3 is 20.2 Å². The third kappa shape index (κ3) is 3.29. The maximum Gasteiger partial charge on any atom is 0.180 e. The quantitative estimate of drug-likeness (QED) is 0.520. The van der Waals surface area contributed by atoms with Crippen LogP contribution in [-0.4, -0.2) is 21.5 Å². The first-order valence-corrected chi connectivity index (χ1v) is 8.81. The molecule has 2 aromatic heterocycles. The second kappa shape index (κ2) is 6.99. The number of hydrogen-bond donors (Lipinski definition) is 2. The smallest absolute Gasteiger partial charge is 0.180 e. The van der Waals surface area contributed by atoms with Crippen LogP contribution < -0.4 is 15.8 Å². The molecule has 0 spiro atoms. The lowest BCUT2D eigenvalue weighted by Gasteiger charge is -2.13. The van der Waals surface area contributed by atoms with E-state index in [0.29, 0.717) is 11.5 Å². The molecule has 0 aliphatic heterocycles. The highest BCUT2D eigenvalue weighted by molar-refractivity contribution is 5.75. The fourth-order valence-electron chi connectivity index (χ4n) is 3.10. The number of methoxy groups -OCH3 is 1. The number of benzene rings is 2. The number of rotatable bonds is 5.